The second-order valence-electron chi connectivity index (χ2n) is 8.06. The molecule has 3 aromatic carbocycles. The highest BCUT2D eigenvalue weighted by molar-refractivity contribution is 5.95. The number of hydrogen-bond acceptors (Lipinski definition) is 3. The fourth-order valence-electron chi connectivity index (χ4n) is 3.94. The number of aromatic carboxylic acids is 1. The molecule has 0 aliphatic rings. The molecule has 0 bridgehead atoms. The van der Waals surface area contributed by atoms with Gasteiger partial charge in [-0.3, -0.25) is 4.57 Å². The lowest BCUT2D eigenvalue weighted by molar-refractivity contribution is 0.0697. The number of carboxylic acids is 1. The Morgan fingerprint density at radius 2 is 1.65 bits per heavy atom. The van der Waals surface area contributed by atoms with E-state index in [0.29, 0.717) is 25.1 Å². The minimum Gasteiger partial charge on any atom is -0.478 e. The summed E-state index contributed by atoms with van der Waals surface area (Å²) in [6.07, 6.45) is 5.25. The molecule has 4 rings (SSSR count). The average Bonchev–Trinajstić information content (AvgIpc) is 3.16. The van der Waals surface area contributed by atoms with Gasteiger partial charge in [0.15, 0.2) is 0 Å². The van der Waals surface area contributed by atoms with E-state index < -0.39 is 5.97 Å². The van der Waals surface area contributed by atoms with Gasteiger partial charge in [-0.2, -0.15) is 5.10 Å². The van der Waals surface area contributed by atoms with Crippen molar-refractivity contribution in [1.82, 2.24) is 14.3 Å². The number of aromatic nitrogens is 3. The molecule has 0 saturated carbocycles. The first-order chi connectivity index (χ1) is 16.6. The molecule has 0 saturated heterocycles. The maximum Gasteiger partial charge on any atom is 0.346 e. The van der Waals surface area contributed by atoms with Crippen LogP contribution < -0.4 is 5.69 Å². The van der Waals surface area contributed by atoms with Crippen LogP contribution in [0.3, 0.4) is 0 Å². The molecular weight excluding hydrogens is 426 g/mol. The van der Waals surface area contributed by atoms with Gasteiger partial charge in [-0.05, 0) is 41.7 Å². The topological polar surface area (TPSA) is 77.1 Å². The minimum atomic E-state index is -0.956. The predicted molar refractivity (Wildman–Crippen MR) is 133 cm³/mol. The number of benzene rings is 3. The van der Waals surface area contributed by atoms with Gasteiger partial charge in [-0.1, -0.05) is 84.9 Å². The number of allylic oxidation sites excluding steroid dienone is 2. The molecule has 0 amide bonds. The first-order valence-electron chi connectivity index (χ1n) is 11.3. The fourth-order valence-corrected chi connectivity index (χ4v) is 3.94. The van der Waals surface area contributed by atoms with Crippen LogP contribution in [0.15, 0.2) is 95.8 Å². The van der Waals surface area contributed by atoms with Crippen LogP contribution in [-0.4, -0.2) is 25.4 Å². The molecule has 1 heterocycles. The van der Waals surface area contributed by atoms with E-state index in [2.05, 4.69) is 5.10 Å². The summed E-state index contributed by atoms with van der Waals surface area (Å²) in [4.78, 5) is 24.7. The van der Waals surface area contributed by atoms with Gasteiger partial charge < -0.3 is 5.11 Å². The molecule has 4 aromatic rings. The normalized spacial score (nSPS) is 11.2. The van der Waals surface area contributed by atoms with Crippen molar-refractivity contribution in [3.63, 3.8) is 0 Å². The van der Waals surface area contributed by atoms with Gasteiger partial charge >= 0.3 is 11.7 Å². The van der Waals surface area contributed by atoms with Gasteiger partial charge in [0.1, 0.15) is 5.82 Å². The molecule has 0 spiro atoms. The molecule has 0 aliphatic heterocycles. The number of aryl methyl sites for hydroxylation is 2. The van der Waals surface area contributed by atoms with Gasteiger partial charge in [0.25, 0.3) is 0 Å². The van der Waals surface area contributed by atoms with Crippen molar-refractivity contribution in [2.75, 3.05) is 0 Å². The van der Waals surface area contributed by atoms with Crippen LogP contribution in [-0.2, 0) is 25.9 Å². The zero-order chi connectivity index (χ0) is 23.9. The predicted octanol–water partition coefficient (Wildman–Crippen LogP) is 4.82. The molecule has 1 aromatic heterocycles. The van der Waals surface area contributed by atoms with E-state index in [4.69, 9.17) is 0 Å². The maximum absolute atomic E-state index is 13.2. The first-order valence-corrected chi connectivity index (χ1v) is 11.3. The molecule has 0 fully saturated rings. The van der Waals surface area contributed by atoms with Crippen molar-refractivity contribution in [2.24, 2.45) is 0 Å². The summed E-state index contributed by atoms with van der Waals surface area (Å²) in [5.74, 6) is -0.237. The van der Waals surface area contributed by atoms with Crippen molar-refractivity contribution < 1.29 is 9.90 Å². The summed E-state index contributed by atoms with van der Waals surface area (Å²) < 4.78 is 3.26. The van der Waals surface area contributed by atoms with Gasteiger partial charge in [-0.15, -0.1) is 0 Å². The summed E-state index contributed by atoms with van der Waals surface area (Å²) in [7, 11) is 0. The summed E-state index contributed by atoms with van der Waals surface area (Å²) in [6.45, 7) is 2.87. The number of nitrogens with zero attached hydrogens (tertiary/aromatic N) is 3. The highest BCUT2D eigenvalue weighted by Gasteiger charge is 2.14. The van der Waals surface area contributed by atoms with Gasteiger partial charge in [-0.25, -0.2) is 14.3 Å². The summed E-state index contributed by atoms with van der Waals surface area (Å²) >= 11 is 0. The molecular formula is C28H27N3O3. The van der Waals surface area contributed by atoms with E-state index in [1.165, 1.54) is 0 Å². The Bertz CT molecular complexity index is 1350. The Balaban J connectivity index is 1.58. The Hall–Kier alpha value is -4.19. The van der Waals surface area contributed by atoms with Crippen LogP contribution in [0, 0.1) is 0 Å². The number of rotatable bonds is 9. The largest absolute Gasteiger partial charge is 0.478 e. The van der Waals surface area contributed by atoms with Gasteiger partial charge in [0.2, 0.25) is 0 Å². The van der Waals surface area contributed by atoms with Crippen LogP contribution in [0.5, 0.6) is 0 Å². The van der Waals surface area contributed by atoms with Gasteiger partial charge in [0, 0.05) is 6.42 Å². The minimum absolute atomic E-state index is 0.129. The Morgan fingerprint density at radius 1 is 0.941 bits per heavy atom. The van der Waals surface area contributed by atoms with Crippen LogP contribution in [0.1, 0.15) is 34.2 Å². The molecule has 6 nitrogen and oxygen atoms in total. The van der Waals surface area contributed by atoms with Crippen molar-refractivity contribution in [3.8, 4) is 11.1 Å². The highest BCUT2D eigenvalue weighted by atomic mass is 16.4. The molecule has 0 aliphatic carbocycles. The third kappa shape index (κ3) is 5.23. The summed E-state index contributed by atoms with van der Waals surface area (Å²) in [5, 5.41) is 14.1. The second-order valence-corrected chi connectivity index (χ2v) is 8.06. The lowest BCUT2D eigenvalue weighted by atomic mass is 9.99. The molecule has 0 atom stereocenters. The average molecular weight is 454 g/mol. The van der Waals surface area contributed by atoms with Crippen molar-refractivity contribution in [1.29, 1.82) is 0 Å². The SMILES string of the molecule is CC=CCc1nn(CCc2ccccc2)c(=O)n1Cc1ccc(-c2ccccc2C(=O)O)cc1. The van der Waals surface area contributed by atoms with E-state index in [-0.39, 0.29) is 11.3 Å². The van der Waals surface area contributed by atoms with E-state index in [9.17, 15) is 14.7 Å². The van der Waals surface area contributed by atoms with Crippen LogP contribution in [0.25, 0.3) is 11.1 Å². The van der Waals surface area contributed by atoms with Crippen LogP contribution >= 0.6 is 0 Å². The molecule has 0 radical (unpaired) electrons. The van der Waals surface area contributed by atoms with Gasteiger partial charge in [0.05, 0.1) is 18.7 Å². The Labute approximate surface area is 198 Å². The first kappa shape index (κ1) is 23.0. The standard InChI is InChI=1S/C28H27N3O3/c1-2-3-13-26-29-31(19-18-21-9-5-4-6-10-21)28(34)30(26)20-22-14-16-23(17-15-22)24-11-7-8-12-25(24)27(32)33/h2-12,14-17H,13,18-20H2,1H3,(H,32,33). The molecule has 1 N–H and O–H groups in total. The summed E-state index contributed by atoms with van der Waals surface area (Å²) in [5.41, 5.74) is 3.73. The van der Waals surface area contributed by atoms with Crippen molar-refractivity contribution >= 4 is 5.97 Å². The second kappa shape index (κ2) is 10.6. The third-order valence-electron chi connectivity index (χ3n) is 5.75. The number of carbonyl (C=O) groups is 1. The van der Waals surface area contributed by atoms with Crippen LogP contribution in [0.4, 0.5) is 0 Å². The number of carboxylic acid groups (broad SMARTS) is 1. The smallest absolute Gasteiger partial charge is 0.346 e. The zero-order valence-corrected chi connectivity index (χ0v) is 19.1. The van der Waals surface area contributed by atoms with Crippen molar-refractivity contribution in [2.45, 2.75) is 32.9 Å². The Morgan fingerprint density at radius 3 is 2.35 bits per heavy atom. The molecule has 34 heavy (non-hydrogen) atoms. The van der Waals surface area contributed by atoms with E-state index in [0.717, 1.165) is 28.9 Å². The quantitative estimate of drug-likeness (QED) is 0.369. The van der Waals surface area contributed by atoms with E-state index in [1.807, 2.05) is 79.7 Å². The van der Waals surface area contributed by atoms with E-state index in [1.54, 1.807) is 27.4 Å². The number of hydrogen-bond donors (Lipinski definition) is 1. The zero-order valence-electron chi connectivity index (χ0n) is 19.1. The van der Waals surface area contributed by atoms with Crippen molar-refractivity contribution in [3.05, 3.63) is 124 Å². The lowest BCUT2D eigenvalue weighted by Gasteiger charge is -2.08. The Kier molecular flexibility index (Phi) is 7.18. The lowest BCUT2D eigenvalue weighted by Crippen LogP contribution is -2.26. The third-order valence-corrected chi connectivity index (χ3v) is 5.75. The maximum atomic E-state index is 13.2. The molecule has 0 unspecified atom stereocenters. The fraction of sp³-hybridized carbons (Fsp3) is 0.179. The van der Waals surface area contributed by atoms with Crippen LogP contribution in [0.2, 0.25) is 0 Å². The highest BCUT2D eigenvalue weighted by Crippen LogP contribution is 2.24. The molecule has 6 heteroatoms. The van der Waals surface area contributed by atoms with E-state index >= 15 is 0 Å². The molecule has 172 valence electrons. The monoisotopic (exact) mass is 453 g/mol. The summed E-state index contributed by atoms with van der Waals surface area (Å²) in [6, 6.07) is 24.7.